The summed E-state index contributed by atoms with van der Waals surface area (Å²) in [6, 6.07) is 8.91. The van der Waals surface area contributed by atoms with Gasteiger partial charge >= 0.3 is 0 Å². The maximum atomic E-state index is 10.1. The first kappa shape index (κ1) is 14.5. The third-order valence-electron chi connectivity index (χ3n) is 4.21. The van der Waals surface area contributed by atoms with Crippen molar-refractivity contribution >= 4 is 0 Å². The Morgan fingerprint density at radius 2 is 1.84 bits per heavy atom. The van der Waals surface area contributed by atoms with E-state index in [0.29, 0.717) is 5.92 Å². The molecule has 2 nitrogen and oxygen atoms in total. The molecule has 2 atom stereocenters. The number of likely N-dealkylation sites (tertiary alicyclic amines) is 1. The third-order valence-corrected chi connectivity index (χ3v) is 4.21. The molecule has 1 aliphatic rings. The molecule has 0 bridgehead atoms. The van der Waals surface area contributed by atoms with Gasteiger partial charge in [-0.2, -0.15) is 0 Å². The predicted octanol–water partition coefficient (Wildman–Crippen LogP) is 2.84. The summed E-state index contributed by atoms with van der Waals surface area (Å²) in [5.74, 6) is 0.374. The maximum absolute atomic E-state index is 10.1. The fourth-order valence-electron chi connectivity index (χ4n) is 2.85. The van der Waals surface area contributed by atoms with E-state index in [1.54, 1.807) is 0 Å². The minimum absolute atomic E-state index is 0.140. The van der Waals surface area contributed by atoms with Crippen LogP contribution >= 0.6 is 0 Å². The van der Waals surface area contributed by atoms with Crippen LogP contribution in [-0.2, 0) is 11.8 Å². The second-order valence-electron chi connectivity index (χ2n) is 7.03. The molecule has 0 saturated carbocycles. The zero-order valence-electron chi connectivity index (χ0n) is 12.7. The van der Waals surface area contributed by atoms with E-state index in [2.05, 4.69) is 57.0 Å². The maximum Gasteiger partial charge on any atom is 0.0596 e. The Balaban J connectivity index is 2.03. The second-order valence-corrected chi connectivity index (χ2v) is 7.03. The Bertz CT molecular complexity index is 404. The van der Waals surface area contributed by atoms with Crippen LogP contribution in [0.15, 0.2) is 24.3 Å². The molecule has 0 amide bonds. The fourth-order valence-corrected chi connectivity index (χ4v) is 2.85. The monoisotopic (exact) mass is 261 g/mol. The molecule has 19 heavy (non-hydrogen) atoms. The van der Waals surface area contributed by atoms with Crippen molar-refractivity contribution in [1.29, 1.82) is 0 Å². The molecule has 1 N–H and O–H groups in total. The molecule has 0 spiro atoms. The van der Waals surface area contributed by atoms with E-state index in [9.17, 15) is 5.11 Å². The average Bonchev–Trinajstić information content (AvgIpc) is 2.33. The second kappa shape index (κ2) is 5.64. The van der Waals surface area contributed by atoms with Crippen LogP contribution in [0.2, 0.25) is 0 Å². The summed E-state index contributed by atoms with van der Waals surface area (Å²) in [5.41, 5.74) is 2.92. The normalized spacial score (nSPS) is 25.5. The van der Waals surface area contributed by atoms with Crippen LogP contribution in [0.3, 0.4) is 0 Å². The molecular weight excluding hydrogens is 234 g/mol. The van der Waals surface area contributed by atoms with Gasteiger partial charge in [0.2, 0.25) is 0 Å². The number of rotatable bonds is 2. The third kappa shape index (κ3) is 3.80. The van der Waals surface area contributed by atoms with Crippen molar-refractivity contribution in [3.8, 4) is 0 Å². The number of aliphatic hydroxyl groups is 1. The molecule has 1 aliphatic heterocycles. The van der Waals surface area contributed by atoms with Crippen molar-refractivity contribution < 1.29 is 5.11 Å². The van der Waals surface area contributed by atoms with Crippen LogP contribution in [0.5, 0.6) is 0 Å². The van der Waals surface area contributed by atoms with Crippen LogP contribution in [0, 0.1) is 5.92 Å². The molecule has 0 aliphatic carbocycles. The van der Waals surface area contributed by atoms with E-state index >= 15 is 0 Å². The van der Waals surface area contributed by atoms with E-state index in [1.165, 1.54) is 11.1 Å². The molecule has 2 rings (SSSR count). The summed E-state index contributed by atoms with van der Waals surface area (Å²) in [6.45, 7) is 8.73. The van der Waals surface area contributed by atoms with Gasteiger partial charge in [-0.3, -0.25) is 0 Å². The Hall–Kier alpha value is -0.860. The first-order valence-electron chi connectivity index (χ1n) is 7.32. The summed E-state index contributed by atoms with van der Waals surface area (Å²) in [4.78, 5) is 2.32. The standard InChI is InChI=1S/C17H27NO/c1-17(2,3)15-7-5-13(6-8-15)11-14-12-18(4)10-9-16(14)19/h5-8,14,16,19H,9-12H2,1-4H3. The molecule has 2 heteroatoms. The SMILES string of the molecule is CN1CCC(O)C(Cc2ccc(C(C)(C)C)cc2)C1. The van der Waals surface area contributed by atoms with Crippen molar-refractivity contribution in [2.24, 2.45) is 5.92 Å². The van der Waals surface area contributed by atoms with Crippen LogP contribution in [0.4, 0.5) is 0 Å². The number of benzene rings is 1. The number of aliphatic hydroxyl groups excluding tert-OH is 1. The van der Waals surface area contributed by atoms with E-state index < -0.39 is 0 Å². The van der Waals surface area contributed by atoms with Crippen molar-refractivity contribution in [3.63, 3.8) is 0 Å². The number of nitrogens with zero attached hydrogens (tertiary/aromatic N) is 1. The van der Waals surface area contributed by atoms with Crippen molar-refractivity contribution in [2.75, 3.05) is 20.1 Å². The van der Waals surface area contributed by atoms with Gasteiger partial charge in [0, 0.05) is 19.0 Å². The lowest BCUT2D eigenvalue weighted by Crippen LogP contribution is -2.41. The summed E-state index contributed by atoms with van der Waals surface area (Å²) in [6.07, 6.45) is 1.75. The van der Waals surface area contributed by atoms with Crippen molar-refractivity contribution in [1.82, 2.24) is 4.90 Å². The topological polar surface area (TPSA) is 23.5 Å². The predicted molar refractivity (Wildman–Crippen MR) is 80.5 cm³/mol. The van der Waals surface area contributed by atoms with Crippen LogP contribution in [0.1, 0.15) is 38.3 Å². The Kier molecular flexibility index (Phi) is 4.32. The van der Waals surface area contributed by atoms with Crippen molar-refractivity contribution in [2.45, 2.75) is 45.1 Å². The quantitative estimate of drug-likeness (QED) is 0.885. The van der Waals surface area contributed by atoms with E-state index in [4.69, 9.17) is 0 Å². The van der Waals surface area contributed by atoms with Gasteiger partial charge in [-0.05, 0) is 36.4 Å². The first-order chi connectivity index (χ1) is 8.86. The lowest BCUT2D eigenvalue weighted by atomic mass is 9.85. The zero-order valence-corrected chi connectivity index (χ0v) is 12.7. The molecule has 1 fully saturated rings. The van der Waals surface area contributed by atoms with Crippen molar-refractivity contribution in [3.05, 3.63) is 35.4 Å². The Labute approximate surface area is 117 Å². The smallest absolute Gasteiger partial charge is 0.0596 e. The Morgan fingerprint density at radius 3 is 2.42 bits per heavy atom. The highest BCUT2D eigenvalue weighted by Gasteiger charge is 2.26. The first-order valence-corrected chi connectivity index (χ1v) is 7.32. The number of hydrogen-bond acceptors (Lipinski definition) is 2. The number of hydrogen-bond donors (Lipinski definition) is 1. The molecule has 106 valence electrons. The zero-order chi connectivity index (χ0) is 14.0. The van der Waals surface area contributed by atoms with E-state index in [0.717, 1.165) is 25.9 Å². The summed E-state index contributed by atoms with van der Waals surface area (Å²) >= 11 is 0. The van der Waals surface area contributed by atoms with Gasteiger partial charge in [0.25, 0.3) is 0 Å². The highest BCUT2D eigenvalue weighted by molar-refractivity contribution is 5.27. The van der Waals surface area contributed by atoms with Crippen LogP contribution in [0.25, 0.3) is 0 Å². The highest BCUT2D eigenvalue weighted by atomic mass is 16.3. The lowest BCUT2D eigenvalue weighted by molar-refractivity contribution is 0.0366. The molecular formula is C17H27NO. The average molecular weight is 261 g/mol. The van der Waals surface area contributed by atoms with E-state index in [-0.39, 0.29) is 11.5 Å². The number of piperidine rings is 1. The highest BCUT2D eigenvalue weighted by Crippen LogP contribution is 2.24. The van der Waals surface area contributed by atoms with Crippen LogP contribution < -0.4 is 0 Å². The van der Waals surface area contributed by atoms with Gasteiger partial charge in [-0.15, -0.1) is 0 Å². The van der Waals surface area contributed by atoms with E-state index in [1.807, 2.05) is 0 Å². The van der Waals surface area contributed by atoms with Gasteiger partial charge < -0.3 is 10.0 Å². The molecule has 1 aromatic carbocycles. The summed E-state index contributed by atoms with van der Waals surface area (Å²) in [5, 5.41) is 10.1. The van der Waals surface area contributed by atoms with Gasteiger partial charge in [0.1, 0.15) is 0 Å². The van der Waals surface area contributed by atoms with Gasteiger partial charge in [0.15, 0.2) is 0 Å². The van der Waals surface area contributed by atoms with Gasteiger partial charge in [0.05, 0.1) is 6.10 Å². The van der Waals surface area contributed by atoms with Gasteiger partial charge in [-0.1, -0.05) is 45.0 Å². The van der Waals surface area contributed by atoms with Crippen LogP contribution in [-0.4, -0.2) is 36.2 Å². The lowest BCUT2D eigenvalue weighted by Gasteiger charge is -2.34. The fraction of sp³-hybridized carbons (Fsp3) is 0.647. The molecule has 0 aromatic heterocycles. The summed E-state index contributed by atoms with van der Waals surface area (Å²) < 4.78 is 0. The molecule has 2 unspecified atom stereocenters. The van der Waals surface area contributed by atoms with Gasteiger partial charge in [-0.25, -0.2) is 0 Å². The minimum atomic E-state index is -0.140. The molecule has 1 heterocycles. The molecule has 1 saturated heterocycles. The largest absolute Gasteiger partial charge is 0.393 e. The summed E-state index contributed by atoms with van der Waals surface area (Å²) in [7, 11) is 2.14. The Morgan fingerprint density at radius 1 is 1.21 bits per heavy atom. The molecule has 0 radical (unpaired) electrons. The molecule has 1 aromatic rings. The minimum Gasteiger partial charge on any atom is -0.393 e.